The lowest BCUT2D eigenvalue weighted by atomic mass is 10.1. The molecule has 5 nitrogen and oxygen atoms in total. The number of aromatic nitrogens is 2. The molecule has 0 aliphatic rings. The summed E-state index contributed by atoms with van der Waals surface area (Å²) in [5.41, 5.74) is 7.79. The van der Waals surface area contributed by atoms with Gasteiger partial charge in [0, 0.05) is 26.3 Å². The second kappa shape index (κ2) is 6.23. The largest absolute Gasteiger partial charge is 0.396 e. The zero-order valence-electron chi connectivity index (χ0n) is 11.9. The van der Waals surface area contributed by atoms with Gasteiger partial charge in [-0.25, -0.2) is 0 Å². The van der Waals surface area contributed by atoms with Crippen LogP contribution in [0.25, 0.3) is 0 Å². The van der Waals surface area contributed by atoms with Crippen LogP contribution in [0, 0.1) is 0 Å². The first kappa shape index (κ1) is 14.1. The van der Waals surface area contributed by atoms with E-state index in [1.807, 2.05) is 25.1 Å². The van der Waals surface area contributed by atoms with E-state index in [-0.39, 0.29) is 5.91 Å². The lowest BCUT2D eigenvalue weighted by molar-refractivity contribution is 0.0760. The van der Waals surface area contributed by atoms with E-state index in [1.54, 1.807) is 22.8 Å². The molecule has 0 saturated carbocycles. The highest BCUT2D eigenvalue weighted by Crippen LogP contribution is 2.12. The van der Waals surface area contributed by atoms with Gasteiger partial charge in [-0.1, -0.05) is 30.3 Å². The Morgan fingerprint density at radius 1 is 1.35 bits per heavy atom. The number of nitrogens with two attached hydrogens (primary N) is 1. The third kappa shape index (κ3) is 3.17. The van der Waals surface area contributed by atoms with Gasteiger partial charge < -0.3 is 10.6 Å². The van der Waals surface area contributed by atoms with Gasteiger partial charge in [-0.2, -0.15) is 5.10 Å². The Morgan fingerprint density at radius 3 is 2.60 bits per heavy atom. The average molecular weight is 272 g/mol. The van der Waals surface area contributed by atoms with Crippen molar-refractivity contribution < 1.29 is 4.79 Å². The van der Waals surface area contributed by atoms with Crippen molar-refractivity contribution in [2.75, 3.05) is 18.8 Å². The Morgan fingerprint density at radius 2 is 2.05 bits per heavy atom. The van der Waals surface area contributed by atoms with Gasteiger partial charge in [0.25, 0.3) is 5.91 Å². The monoisotopic (exact) mass is 272 g/mol. The van der Waals surface area contributed by atoms with Crippen molar-refractivity contribution in [1.82, 2.24) is 14.7 Å². The number of aryl methyl sites for hydroxylation is 1. The molecule has 0 aliphatic carbocycles. The van der Waals surface area contributed by atoms with Crippen molar-refractivity contribution in [3.05, 3.63) is 47.8 Å². The van der Waals surface area contributed by atoms with Crippen molar-refractivity contribution in [2.24, 2.45) is 7.05 Å². The van der Waals surface area contributed by atoms with E-state index in [0.29, 0.717) is 24.5 Å². The minimum absolute atomic E-state index is 0.110. The number of amides is 1. The summed E-state index contributed by atoms with van der Waals surface area (Å²) in [4.78, 5) is 14.2. The summed E-state index contributed by atoms with van der Waals surface area (Å²) >= 11 is 0. The topological polar surface area (TPSA) is 64.2 Å². The van der Waals surface area contributed by atoms with Gasteiger partial charge in [0.1, 0.15) is 0 Å². The smallest absolute Gasteiger partial charge is 0.276 e. The molecular formula is C15H20N4O. The number of hydrogen-bond donors (Lipinski definition) is 1. The van der Waals surface area contributed by atoms with Crippen LogP contribution >= 0.6 is 0 Å². The Balaban J connectivity index is 2.05. The molecule has 0 radical (unpaired) electrons. The molecule has 0 atom stereocenters. The SMILES string of the molecule is CCN(CCc1ccccc1)C(=O)c1nn(C)cc1N. The molecule has 1 aromatic heterocycles. The Bertz CT molecular complexity index is 577. The van der Waals surface area contributed by atoms with Crippen molar-refractivity contribution in [2.45, 2.75) is 13.3 Å². The number of carbonyl (C=O) groups excluding carboxylic acids is 1. The molecule has 0 fully saturated rings. The molecule has 5 heteroatoms. The van der Waals surface area contributed by atoms with Crippen LogP contribution in [0.5, 0.6) is 0 Å². The van der Waals surface area contributed by atoms with Gasteiger partial charge in [-0.15, -0.1) is 0 Å². The van der Waals surface area contributed by atoms with Crippen LogP contribution in [-0.4, -0.2) is 33.7 Å². The highest BCUT2D eigenvalue weighted by molar-refractivity contribution is 5.97. The van der Waals surface area contributed by atoms with Crippen LogP contribution in [0.4, 0.5) is 5.69 Å². The normalized spacial score (nSPS) is 10.5. The number of anilines is 1. The number of carbonyl (C=O) groups is 1. The van der Waals surface area contributed by atoms with Gasteiger partial charge in [0.05, 0.1) is 5.69 Å². The second-order valence-corrected chi connectivity index (χ2v) is 4.73. The van der Waals surface area contributed by atoms with Crippen LogP contribution in [-0.2, 0) is 13.5 Å². The fourth-order valence-corrected chi connectivity index (χ4v) is 2.13. The first-order chi connectivity index (χ1) is 9.61. The standard InChI is InChI=1S/C15H20N4O/c1-3-19(10-9-12-7-5-4-6-8-12)15(20)14-13(16)11-18(2)17-14/h4-8,11H,3,9-10,16H2,1-2H3. The minimum atomic E-state index is -0.110. The quantitative estimate of drug-likeness (QED) is 0.901. The summed E-state index contributed by atoms with van der Waals surface area (Å²) in [6.45, 7) is 3.26. The summed E-state index contributed by atoms with van der Waals surface area (Å²) in [6.07, 6.45) is 2.48. The first-order valence-corrected chi connectivity index (χ1v) is 6.74. The van der Waals surface area contributed by atoms with Gasteiger partial charge in [0.2, 0.25) is 0 Å². The van der Waals surface area contributed by atoms with Crippen LogP contribution < -0.4 is 5.73 Å². The Labute approximate surface area is 119 Å². The first-order valence-electron chi connectivity index (χ1n) is 6.74. The minimum Gasteiger partial charge on any atom is -0.396 e. The zero-order chi connectivity index (χ0) is 14.5. The van der Waals surface area contributed by atoms with Crippen molar-refractivity contribution in [3.8, 4) is 0 Å². The van der Waals surface area contributed by atoms with Gasteiger partial charge in [-0.05, 0) is 18.9 Å². The second-order valence-electron chi connectivity index (χ2n) is 4.73. The summed E-state index contributed by atoms with van der Waals surface area (Å²) in [5, 5.41) is 4.13. The molecule has 106 valence electrons. The number of likely N-dealkylation sites (N-methyl/N-ethyl adjacent to an activating group) is 1. The predicted molar refractivity (Wildman–Crippen MR) is 79.3 cm³/mol. The number of benzene rings is 1. The molecule has 0 saturated heterocycles. The Kier molecular flexibility index (Phi) is 4.40. The van der Waals surface area contributed by atoms with Crippen LogP contribution in [0.15, 0.2) is 36.5 Å². The predicted octanol–water partition coefficient (Wildman–Crippen LogP) is 1.71. The molecule has 0 unspecified atom stereocenters. The number of rotatable bonds is 5. The molecule has 20 heavy (non-hydrogen) atoms. The number of nitrogen functional groups attached to an aromatic ring is 1. The molecule has 1 amide bonds. The fourth-order valence-electron chi connectivity index (χ4n) is 2.13. The van der Waals surface area contributed by atoms with E-state index in [9.17, 15) is 4.79 Å². The molecule has 2 N–H and O–H groups in total. The van der Waals surface area contributed by atoms with E-state index in [4.69, 9.17) is 5.73 Å². The van der Waals surface area contributed by atoms with Gasteiger partial charge >= 0.3 is 0 Å². The molecule has 2 aromatic rings. The lowest BCUT2D eigenvalue weighted by Gasteiger charge is -2.20. The summed E-state index contributed by atoms with van der Waals surface area (Å²) in [7, 11) is 1.76. The third-order valence-corrected chi connectivity index (χ3v) is 3.24. The van der Waals surface area contributed by atoms with Crippen LogP contribution in [0.3, 0.4) is 0 Å². The highest BCUT2D eigenvalue weighted by Gasteiger charge is 2.19. The summed E-state index contributed by atoms with van der Waals surface area (Å²) in [6, 6.07) is 10.1. The maximum atomic E-state index is 12.4. The summed E-state index contributed by atoms with van der Waals surface area (Å²) in [5.74, 6) is -0.110. The van der Waals surface area contributed by atoms with Crippen molar-refractivity contribution in [3.63, 3.8) is 0 Å². The Hall–Kier alpha value is -2.30. The molecule has 0 bridgehead atoms. The van der Waals surface area contributed by atoms with Crippen molar-refractivity contribution >= 4 is 11.6 Å². The average Bonchev–Trinajstić information content (AvgIpc) is 2.79. The van der Waals surface area contributed by atoms with E-state index < -0.39 is 0 Å². The maximum absolute atomic E-state index is 12.4. The molecule has 2 rings (SSSR count). The highest BCUT2D eigenvalue weighted by atomic mass is 16.2. The molecule has 0 spiro atoms. The third-order valence-electron chi connectivity index (χ3n) is 3.24. The van der Waals surface area contributed by atoms with Gasteiger partial charge in [0.15, 0.2) is 5.69 Å². The van der Waals surface area contributed by atoms with E-state index >= 15 is 0 Å². The number of hydrogen-bond acceptors (Lipinski definition) is 3. The van der Waals surface area contributed by atoms with Crippen LogP contribution in [0.2, 0.25) is 0 Å². The maximum Gasteiger partial charge on any atom is 0.276 e. The van der Waals surface area contributed by atoms with Crippen LogP contribution in [0.1, 0.15) is 23.0 Å². The lowest BCUT2D eigenvalue weighted by Crippen LogP contribution is -2.33. The molecular weight excluding hydrogens is 252 g/mol. The zero-order valence-corrected chi connectivity index (χ0v) is 11.9. The molecule has 0 aliphatic heterocycles. The number of nitrogens with zero attached hydrogens (tertiary/aromatic N) is 3. The van der Waals surface area contributed by atoms with Gasteiger partial charge in [-0.3, -0.25) is 9.48 Å². The van der Waals surface area contributed by atoms with E-state index in [2.05, 4.69) is 17.2 Å². The van der Waals surface area contributed by atoms with Crippen molar-refractivity contribution in [1.29, 1.82) is 0 Å². The fraction of sp³-hybridized carbons (Fsp3) is 0.333. The molecule has 1 aromatic carbocycles. The van der Waals surface area contributed by atoms with E-state index in [0.717, 1.165) is 6.42 Å². The summed E-state index contributed by atoms with van der Waals surface area (Å²) < 4.78 is 1.56. The molecule has 1 heterocycles. The van der Waals surface area contributed by atoms with E-state index in [1.165, 1.54) is 5.56 Å².